The van der Waals surface area contributed by atoms with Gasteiger partial charge in [-0.2, -0.15) is 15.0 Å². The maximum Gasteiger partial charge on any atom is 0.225 e. The lowest BCUT2D eigenvalue weighted by molar-refractivity contribution is 0.185. The molecule has 0 aliphatic rings. The molecule has 26 heavy (non-hydrogen) atoms. The second-order valence-corrected chi connectivity index (χ2v) is 6.59. The van der Waals surface area contributed by atoms with Gasteiger partial charge in [-0.05, 0) is 24.3 Å². The van der Waals surface area contributed by atoms with Gasteiger partial charge in [-0.1, -0.05) is 23.4 Å². The molecule has 0 bridgehead atoms. The molecular weight excluding hydrogens is 376 g/mol. The summed E-state index contributed by atoms with van der Waals surface area (Å²) in [6.45, 7) is 1.13. The van der Waals surface area contributed by atoms with Crippen LogP contribution in [0.3, 0.4) is 0 Å². The average molecular weight is 393 g/mol. The van der Waals surface area contributed by atoms with Crippen LogP contribution >= 0.6 is 23.4 Å². The minimum Gasteiger partial charge on any atom is -0.383 e. The lowest BCUT2D eigenvalue weighted by Crippen LogP contribution is -2.08. The molecule has 11 heteroatoms. The summed E-state index contributed by atoms with van der Waals surface area (Å²) in [5.41, 5.74) is 12.1. The number of hydrogen-bond acceptors (Lipinski definition) is 9. The number of hydrogen-bond donors (Lipinski definition) is 2. The molecule has 0 spiro atoms. The predicted molar refractivity (Wildman–Crippen MR) is 101 cm³/mol. The van der Waals surface area contributed by atoms with Crippen LogP contribution in [0.15, 0.2) is 29.4 Å². The van der Waals surface area contributed by atoms with Crippen molar-refractivity contribution in [3.8, 4) is 11.4 Å². The van der Waals surface area contributed by atoms with Crippen molar-refractivity contribution in [2.75, 3.05) is 25.2 Å². The Morgan fingerprint density at radius 3 is 2.42 bits per heavy atom. The molecule has 0 amide bonds. The van der Waals surface area contributed by atoms with Crippen molar-refractivity contribution in [1.82, 2.24) is 29.7 Å². The molecule has 1 aromatic carbocycles. The normalized spacial score (nSPS) is 11.0. The third-order valence-corrected chi connectivity index (χ3v) is 4.60. The highest BCUT2D eigenvalue weighted by Crippen LogP contribution is 2.26. The quantitative estimate of drug-likeness (QED) is 0.578. The highest BCUT2D eigenvalue weighted by Gasteiger charge is 2.15. The number of anilines is 2. The highest BCUT2D eigenvalue weighted by molar-refractivity contribution is 7.98. The van der Waals surface area contributed by atoms with Gasteiger partial charge in [0.25, 0.3) is 0 Å². The number of nitrogens with zero attached hydrogens (tertiary/aromatic N) is 6. The third-order valence-electron chi connectivity index (χ3n) is 3.38. The molecule has 0 saturated heterocycles. The van der Waals surface area contributed by atoms with Crippen LogP contribution in [0.5, 0.6) is 0 Å². The highest BCUT2D eigenvalue weighted by atomic mass is 35.5. The predicted octanol–water partition coefficient (Wildman–Crippen LogP) is 1.89. The summed E-state index contributed by atoms with van der Waals surface area (Å²) in [6, 6.07) is 7.43. The van der Waals surface area contributed by atoms with Crippen molar-refractivity contribution in [3.05, 3.63) is 35.1 Å². The Labute approximate surface area is 159 Å². The second-order valence-electron chi connectivity index (χ2n) is 5.21. The van der Waals surface area contributed by atoms with E-state index in [0.29, 0.717) is 34.9 Å². The van der Waals surface area contributed by atoms with Crippen LogP contribution in [0, 0.1) is 0 Å². The van der Waals surface area contributed by atoms with Crippen LogP contribution in [0.4, 0.5) is 11.9 Å². The Morgan fingerprint density at radius 1 is 1.08 bits per heavy atom. The van der Waals surface area contributed by atoms with Gasteiger partial charge in [0.1, 0.15) is 5.82 Å². The number of thioether (sulfide) groups is 1. The fourth-order valence-electron chi connectivity index (χ4n) is 2.24. The van der Waals surface area contributed by atoms with E-state index in [1.807, 2.05) is 28.8 Å². The summed E-state index contributed by atoms with van der Waals surface area (Å²) in [5.74, 6) is 1.83. The van der Waals surface area contributed by atoms with E-state index in [1.54, 1.807) is 7.11 Å². The number of aromatic nitrogens is 6. The maximum absolute atomic E-state index is 5.96. The molecule has 0 aliphatic heterocycles. The number of nitrogens with two attached hydrogens (primary N) is 2. The van der Waals surface area contributed by atoms with E-state index >= 15 is 0 Å². The van der Waals surface area contributed by atoms with Crippen molar-refractivity contribution >= 4 is 35.3 Å². The summed E-state index contributed by atoms with van der Waals surface area (Å²) < 4.78 is 7.18. The summed E-state index contributed by atoms with van der Waals surface area (Å²) >= 11 is 7.39. The molecule has 3 aromatic rings. The number of ether oxygens (including phenoxy) is 1. The first-order valence-electron chi connectivity index (χ1n) is 7.63. The lowest BCUT2D eigenvalue weighted by atomic mass is 10.2. The number of nitrogen functional groups attached to an aromatic ring is 2. The van der Waals surface area contributed by atoms with Crippen molar-refractivity contribution in [2.45, 2.75) is 17.5 Å². The minimum absolute atomic E-state index is 0.0933. The van der Waals surface area contributed by atoms with Crippen molar-refractivity contribution < 1.29 is 4.74 Å². The topological polar surface area (TPSA) is 131 Å². The molecule has 0 atom stereocenters. The van der Waals surface area contributed by atoms with Crippen LogP contribution in [0.25, 0.3) is 11.4 Å². The van der Waals surface area contributed by atoms with E-state index in [2.05, 4.69) is 25.1 Å². The molecule has 0 aliphatic carbocycles. The van der Waals surface area contributed by atoms with Crippen LogP contribution < -0.4 is 11.5 Å². The molecule has 0 radical (unpaired) electrons. The Bertz CT molecular complexity index is 866. The Balaban J connectivity index is 1.85. The molecule has 9 nitrogen and oxygen atoms in total. The Morgan fingerprint density at radius 2 is 1.77 bits per heavy atom. The Hall–Kier alpha value is -2.43. The standard InChI is InChI=1S/C15H17ClN8OS/c1-25-7-6-24-12(9-2-4-10(16)5-3-9)22-23-15(24)26-8-11-19-13(17)21-14(18)20-11/h2-5H,6-8H2,1H3,(H4,17,18,19,20,21). The molecule has 0 unspecified atom stereocenters. The molecule has 0 fully saturated rings. The summed E-state index contributed by atoms with van der Waals surface area (Å²) in [5, 5.41) is 9.96. The molecule has 136 valence electrons. The molecular formula is C15H17ClN8OS. The van der Waals surface area contributed by atoms with Gasteiger partial charge in [-0.25, -0.2) is 0 Å². The summed E-state index contributed by atoms with van der Waals surface area (Å²) in [7, 11) is 1.65. The van der Waals surface area contributed by atoms with E-state index in [4.69, 9.17) is 27.8 Å². The third kappa shape index (κ3) is 4.40. The van der Waals surface area contributed by atoms with Gasteiger partial charge in [-0.15, -0.1) is 10.2 Å². The SMILES string of the molecule is COCCn1c(SCc2nc(N)nc(N)n2)nnc1-c1ccc(Cl)cc1. The maximum atomic E-state index is 5.96. The number of methoxy groups -OCH3 is 1. The van der Waals surface area contributed by atoms with Crippen LogP contribution in [0.1, 0.15) is 5.82 Å². The first-order valence-corrected chi connectivity index (χ1v) is 9.00. The molecule has 3 rings (SSSR count). The first kappa shape index (κ1) is 18.4. The van der Waals surface area contributed by atoms with Crippen molar-refractivity contribution in [2.24, 2.45) is 0 Å². The van der Waals surface area contributed by atoms with Gasteiger partial charge in [0.2, 0.25) is 11.9 Å². The summed E-state index contributed by atoms with van der Waals surface area (Å²) in [4.78, 5) is 11.9. The molecule has 0 saturated carbocycles. The van der Waals surface area contributed by atoms with E-state index in [-0.39, 0.29) is 11.9 Å². The zero-order valence-corrected chi connectivity index (χ0v) is 15.5. The van der Waals surface area contributed by atoms with Gasteiger partial charge in [-0.3, -0.25) is 4.57 Å². The zero-order valence-electron chi connectivity index (χ0n) is 14.0. The number of rotatable bonds is 7. The average Bonchev–Trinajstić information content (AvgIpc) is 3.01. The van der Waals surface area contributed by atoms with Crippen LogP contribution in [0.2, 0.25) is 5.02 Å². The van der Waals surface area contributed by atoms with E-state index in [0.717, 1.165) is 11.4 Å². The van der Waals surface area contributed by atoms with Gasteiger partial charge in [0.05, 0.1) is 18.9 Å². The van der Waals surface area contributed by atoms with E-state index in [1.165, 1.54) is 11.8 Å². The van der Waals surface area contributed by atoms with Crippen LogP contribution in [-0.2, 0) is 17.0 Å². The molecule has 2 heterocycles. The van der Waals surface area contributed by atoms with Gasteiger partial charge in [0.15, 0.2) is 11.0 Å². The largest absolute Gasteiger partial charge is 0.383 e. The fraction of sp³-hybridized carbons (Fsp3) is 0.267. The lowest BCUT2D eigenvalue weighted by Gasteiger charge is -2.09. The van der Waals surface area contributed by atoms with Crippen LogP contribution in [-0.4, -0.2) is 43.4 Å². The zero-order chi connectivity index (χ0) is 18.5. The Kier molecular flexibility index (Phi) is 5.86. The van der Waals surface area contributed by atoms with Gasteiger partial charge in [0, 0.05) is 17.7 Å². The van der Waals surface area contributed by atoms with E-state index < -0.39 is 0 Å². The fourth-order valence-corrected chi connectivity index (χ4v) is 3.19. The van der Waals surface area contributed by atoms with Gasteiger partial charge >= 0.3 is 0 Å². The van der Waals surface area contributed by atoms with E-state index in [9.17, 15) is 0 Å². The number of halogens is 1. The summed E-state index contributed by atoms with van der Waals surface area (Å²) in [6.07, 6.45) is 0. The smallest absolute Gasteiger partial charge is 0.225 e. The molecule has 2 aromatic heterocycles. The van der Waals surface area contributed by atoms with Crippen molar-refractivity contribution in [3.63, 3.8) is 0 Å². The number of benzene rings is 1. The minimum atomic E-state index is 0.0933. The van der Waals surface area contributed by atoms with Gasteiger partial charge < -0.3 is 16.2 Å². The monoisotopic (exact) mass is 392 g/mol. The molecule has 4 N–H and O–H groups in total. The van der Waals surface area contributed by atoms with Crippen molar-refractivity contribution in [1.29, 1.82) is 0 Å². The first-order chi connectivity index (χ1) is 12.6. The second kappa shape index (κ2) is 8.30.